The first kappa shape index (κ1) is 22.6. The number of pyridine rings is 1. The van der Waals surface area contributed by atoms with Gasteiger partial charge in [0.25, 0.3) is 11.8 Å². The minimum absolute atomic E-state index is 0.0829. The van der Waals surface area contributed by atoms with Gasteiger partial charge in [0.15, 0.2) is 11.5 Å². The van der Waals surface area contributed by atoms with E-state index >= 15 is 0 Å². The zero-order valence-corrected chi connectivity index (χ0v) is 18.5. The molecule has 0 aliphatic heterocycles. The van der Waals surface area contributed by atoms with Crippen LogP contribution >= 0.6 is 0 Å². The van der Waals surface area contributed by atoms with Gasteiger partial charge in [-0.25, -0.2) is 9.67 Å². The Labute approximate surface area is 196 Å². The second-order valence-corrected chi connectivity index (χ2v) is 8.40. The second kappa shape index (κ2) is 8.53. The van der Waals surface area contributed by atoms with Crippen molar-refractivity contribution in [3.05, 3.63) is 65.2 Å². The zero-order valence-electron chi connectivity index (χ0n) is 18.5. The van der Waals surface area contributed by atoms with Crippen LogP contribution in [0.2, 0.25) is 0 Å². The molecule has 0 atom stereocenters. The molecule has 4 aromatic rings. The Bertz CT molecular complexity index is 1440. The number of benzene rings is 1. The van der Waals surface area contributed by atoms with Crippen LogP contribution < -0.4 is 10.6 Å². The van der Waals surface area contributed by atoms with Gasteiger partial charge in [-0.05, 0) is 49.4 Å². The lowest BCUT2D eigenvalue weighted by Gasteiger charge is -2.13. The number of carbonyl (C=O) groups is 2. The van der Waals surface area contributed by atoms with Gasteiger partial charge in [-0.3, -0.25) is 14.7 Å². The van der Waals surface area contributed by atoms with Gasteiger partial charge in [-0.1, -0.05) is 6.07 Å². The van der Waals surface area contributed by atoms with Crippen LogP contribution in [0.15, 0.2) is 42.7 Å². The molecule has 0 bridgehead atoms. The number of aromatic amines is 1. The van der Waals surface area contributed by atoms with Crippen molar-refractivity contribution < 1.29 is 22.8 Å². The lowest BCUT2D eigenvalue weighted by Crippen LogP contribution is -2.27. The normalized spacial score (nSPS) is 13.7. The predicted molar refractivity (Wildman–Crippen MR) is 120 cm³/mol. The van der Waals surface area contributed by atoms with Gasteiger partial charge < -0.3 is 10.6 Å². The monoisotopic (exact) mass is 483 g/mol. The molecule has 0 radical (unpaired) electrons. The van der Waals surface area contributed by atoms with E-state index < -0.39 is 23.7 Å². The molecule has 180 valence electrons. The summed E-state index contributed by atoms with van der Waals surface area (Å²) in [5.41, 5.74) is -0.421. The molecule has 0 saturated heterocycles. The molecular weight excluding hydrogens is 463 g/mol. The number of amides is 2. The Morgan fingerprint density at radius 2 is 2.00 bits per heavy atom. The first-order valence-electron chi connectivity index (χ1n) is 10.9. The number of carbonyl (C=O) groups excluding carboxylic acids is 2. The number of nitrogens with zero attached hydrogens (tertiary/aromatic N) is 4. The van der Waals surface area contributed by atoms with Crippen molar-refractivity contribution in [3.63, 3.8) is 0 Å². The third-order valence-electron chi connectivity index (χ3n) is 5.76. The van der Waals surface area contributed by atoms with Crippen molar-refractivity contribution in [2.24, 2.45) is 5.92 Å². The molecule has 0 unspecified atom stereocenters. The number of alkyl halides is 3. The van der Waals surface area contributed by atoms with Crippen molar-refractivity contribution >= 4 is 28.4 Å². The topological polar surface area (TPSA) is 118 Å². The number of anilines is 1. The summed E-state index contributed by atoms with van der Waals surface area (Å²) in [6, 6.07) is 7.09. The first-order valence-corrected chi connectivity index (χ1v) is 10.9. The van der Waals surface area contributed by atoms with E-state index in [-0.39, 0.29) is 22.8 Å². The fourth-order valence-corrected chi connectivity index (χ4v) is 3.73. The molecule has 1 aliphatic rings. The molecule has 35 heavy (non-hydrogen) atoms. The Morgan fingerprint density at radius 3 is 2.71 bits per heavy atom. The zero-order chi connectivity index (χ0) is 24.7. The molecule has 1 fully saturated rings. The second-order valence-electron chi connectivity index (χ2n) is 8.40. The molecule has 0 spiro atoms. The summed E-state index contributed by atoms with van der Waals surface area (Å²) in [4.78, 5) is 30.4. The highest BCUT2D eigenvalue weighted by atomic mass is 19.4. The van der Waals surface area contributed by atoms with E-state index in [1.165, 1.54) is 18.5 Å². The fourth-order valence-electron chi connectivity index (χ4n) is 3.73. The molecule has 1 saturated carbocycles. The number of H-pyrrole nitrogens is 1. The summed E-state index contributed by atoms with van der Waals surface area (Å²) >= 11 is 0. The number of aromatic nitrogens is 5. The lowest BCUT2D eigenvalue weighted by atomic mass is 10.1. The molecule has 2 amide bonds. The van der Waals surface area contributed by atoms with E-state index in [0.717, 1.165) is 17.5 Å². The van der Waals surface area contributed by atoms with Gasteiger partial charge in [0.05, 0.1) is 23.0 Å². The third-order valence-corrected chi connectivity index (χ3v) is 5.76. The number of nitrogens with one attached hydrogen (secondary N) is 3. The maximum atomic E-state index is 13.5. The molecule has 3 N–H and O–H groups in total. The van der Waals surface area contributed by atoms with E-state index in [1.807, 2.05) is 0 Å². The average Bonchev–Trinajstić information content (AvgIpc) is 3.32. The molecule has 1 aromatic carbocycles. The van der Waals surface area contributed by atoms with Crippen LogP contribution in [0.4, 0.5) is 18.9 Å². The first-order chi connectivity index (χ1) is 16.7. The van der Waals surface area contributed by atoms with E-state index in [1.54, 1.807) is 25.1 Å². The molecule has 9 nitrogen and oxygen atoms in total. The van der Waals surface area contributed by atoms with Crippen LogP contribution in [0.1, 0.15) is 44.9 Å². The lowest BCUT2D eigenvalue weighted by molar-refractivity contribution is -0.141. The fraction of sp³-hybridized carbons (Fsp3) is 0.261. The SMILES string of the molecule is Cc1cccnc1-n1nc(C(F)(F)F)cc1C(=O)Nc1ccc2cn[nH]c2c1C(=O)NCC1CC1. The number of hydrogen-bond donors (Lipinski definition) is 3. The van der Waals surface area contributed by atoms with Gasteiger partial charge in [0.1, 0.15) is 5.69 Å². The van der Waals surface area contributed by atoms with Crippen LogP contribution in [0.3, 0.4) is 0 Å². The molecule has 3 aromatic heterocycles. The summed E-state index contributed by atoms with van der Waals surface area (Å²) < 4.78 is 41.2. The predicted octanol–water partition coefficient (Wildman–Crippen LogP) is 3.86. The van der Waals surface area contributed by atoms with Gasteiger partial charge in [0, 0.05) is 24.2 Å². The summed E-state index contributed by atoms with van der Waals surface area (Å²) in [5.74, 6) is -0.797. The smallest absolute Gasteiger partial charge is 0.352 e. The van der Waals surface area contributed by atoms with Gasteiger partial charge >= 0.3 is 6.18 Å². The molecule has 3 heterocycles. The minimum atomic E-state index is -4.77. The van der Waals surface area contributed by atoms with Crippen molar-refractivity contribution in [1.82, 2.24) is 30.3 Å². The van der Waals surface area contributed by atoms with Crippen molar-refractivity contribution in [3.8, 4) is 5.82 Å². The van der Waals surface area contributed by atoms with E-state index in [2.05, 4.69) is 30.9 Å². The van der Waals surface area contributed by atoms with Crippen LogP contribution in [0.25, 0.3) is 16.7 Å². The Balaban J connectivity index is 1.54. The number of halogens is 3. The number of hydrogen-bond acceptors (Lipinski definition) is 5. The van der Waals surface area contributed by atoms with Crippen LogP contribution in [-0.2, 0) is 6.18 Å². The summed E-state index contributed by atoms with van der Waals surface area (Å²) in [6.07, 6.45) is 0.236. The number of aryl methyl sites for hydroxylation is 1. The molecular formula is C23H20F3N7O2. The van der Waals surface area contributed by atoms with Crippen molar-refractivity contribution in [2.45, 2.75) is 25.9 Å². The number of rotatable bonds is 6. The van der Waals surface area contributed by atoms with Gasteiger partial charge in [-0.15, -0.1) is 0 Å². The summed E-state index contributed by atoms with van der Waals surface area (Å²) in [6.45, 7) is 2.14. The number of fused-ring (bicyclic) bond motifs is 1. The minimum Gasteiger partial charge on any atom is -0.352 e. The summed E-state index contributed by atoms with van der Waals surface area (Å²) in [5, 5.41) is 16.4. The van der Waals surface area contributed by atoms with E-state index in [0.29, 0.717) is 35.0 Å². The molecule has 1 aliphatic carbocycles. The average molecular weight is 483 g/mol. The highest BCUT2D eigenvalue weighted by molar-refractivity contribution is 6.14. The Hall–Kier alpha value is -4.22. The largest absolute Gasteiger partial charge is 0.435 e. The standard InChI is InChI=1S/C23H20F3N7O2/c1-12-3-2-8-27-20(12)33-16(9-17(32-33)23(24,25)26)21(34)30-15-7-6-14-11-29-31-19(14)18(15)22(35)28-10-13-4-5-13/h2-3,6-9,11,13H,4-5,10H2,1H3,(H,28,35)(H,29,31)(H,30,34). The van der Waals surface area contributed by atoms with Crippen LogP contribution in [0, 0.1) is 12.8 Å². The van der Waals surface area contributed by atoms with Crippen molar-refractivity contribution in [2.75, 3.05) is 11.9 Å². The highest BCUT2D eigenvalue weighted by Crippen LogP contribution is 2.31. The quantitative estimate of drug-likeness (QED) is 0.385. The van der Waals surface area contributed by atoms with Crippen LogP contribution in [0.5, 0.6) is 0 Å². The molecule has 5 rings (SSSR count). The van der Waals surface area contributed by atoms with Gasteiger partial charge in [-0.2, -0.15) is 23.4 Å². The van der Waals surface area contributed by atoms with E-state index in [9.17, 15) is 22.8 Å². The highest BCUT2D eigenvalue weighted by Gasteiger charge is 2.36. The third kappa shape index (κ3) is 4.46. The Kier molecular flexibility index (Phi) is 5.50. The molecule has 12 heteroatoms. The van der Waals surface area contributed by atoms with Crippen molar-refractivity contribution in [1.29, 1.82) is 0 Å². The van der Waals surface area contributed by atoms with Gasteiger partial charge in [0.2, 0.25) is 0 Å². The van der Waals surface area contributed by atoms with Crippen LogP contribution in [-0.4, -0.2) is 43.3 Å². The summed E-state index contributed by atoms with van der Waals surface area (Å²) in [7, 11) is 0. The maximum Gasteiger partial charge on any atom is 0.435 e. The van der Waals surface area contributed by atoms with E-state index in [4.69, 9.17) is 0 Å². The Morgan fingerprint density at radius 1 is 1.20 bits per heavy atom. The maximum absolute atomic E-state index is 13.5.